The van der Waals surface area contributed by atoms with E-state index < -0.39 is 0 Å². The number of nitrogens with zero attached hydrogens (tertiary/aromatic N) is 4. The Bertz CT molecular complexity index is 541. The molecule has 0 aliphatic heterocycles. The second-order valence-electron chi connectivity index (χ2n) is 4.84. The second-order valence-corrected chi connectivity index (χ2v) is 5.17. The highest BCUT2D eigenvalue weighted by Gasteiger charge is 2.20. The van der Waals surface area contributed by atoms with Crippen molar-refractivity contribution < 1.29 is 0 Å². The van der Waals surface area contributed by atoms with E-state index in [9.17, 15) is 0 Å². The molecule has 0 amide bonds. The minimum atomic E-state index is -0.136. The van der Waals surface area contributed by atoms with Crippen molar-refractivity contribution in [1.82, 2.24) is 19.7 Å². The Balaban J connectivity index is 2.69. The third-order valence-electron chi connectivity index (χ3n) is 2.38. The first-order chi connectivity index (χ1) is 7.93. The summed E-state index contributed by atoms with van der Waals surface area (Å²) in [6.45, 7) is 9.01. The van der Waals surface area contributed by atoms with Crippen molar-refractivity contribution in [3.05, 3.63) is 11.5 Å². The Kier molecular flexibility index (Phi) is 2.95. The molecule has 2 aromatic heterocycles. The lowest BCUT2D eigenvalue weighted by Crippen LogP contribution is -2.23. The molecule has 5 nitrogen and oxygen atoms in total. The molecule has 92 valence electrons. The fourth-order valence-corrected chi connectivity index (χ4v) is 1.84. The molecule has 0 bridgehead atoms. The molecule has 0 aliphatic rings. The van der Waals surface area contributed by atoms with Crippen LogP contribution in [0.5, 0.6) is 0 Å². The van der Waals surface area contributed by atoms with E-state index in [2.05, 4.69) is 41.2 Å². The van der Waals surface area contributed by atoms with E-state index in [4.69, 9.17) is 11.6 Å². The lowest BCUT2D eigenvalue weighted by Gasteiger charge is -2.19. The maximum atomic E-state index is 5.94. The van der Waals surface area contributed by atoms with Crippen molar-refractivity contribution in [3.63, 3.8) is 0 Å². The van der Waals surface area contributed by atoms with E-state index in [0.29, 0.717) is 0 Å². The third-order valence-corrected chi connectivity index (χ3v) is 2.55. The maximum absolute atomic E-state index is 5.94. The zero-order chi connectivity index (χ0) is 12.6. The van der Waals surface area contributed by atoms with Crippen molar-refractivity contribution in [1.29, 1.82) is 0 Å². The number of hydrogen-bond donors (Lipinski definition) is 1. The molecule has 0 aromatic carbocycles. The molecule has 0 fully saturated rings. The minimum absolute atomic E-state index is 0.136. The summed E-state index contributed by atoms with van der Waals surface area (Å²) in [6.07, 6.45) is 1.77. The number of anilines is 1. The van der Waals surface area contributed by atoms with Crippen LogP contribution in [0, 0.1) is 0 Å². The van der Waals surface area contributed by atoms with Gasteiger partial charge in [-0.05, 0) is 39.3 Å². The van der Waals surface area contributed by atoms with Crippen LogP contribution in [0.4, 0.5) is 5.82 Å². The lowest BCUT2D eigenvalue weighted by atomic mass is 10.1. The van der Waals surface area contributed by atoms with Gasteiger partial charge in [0.25, 0.3) is 0 Å². The van der Waals surface area contributed by atoms with Gasteiger partial charge in [0, 0.05) is 6.54 Å². The van der Waals surface area contributed by atoms with Crippen molar-refractivity contribution >= 4 is 28.5 Å². The SMILES string of the molecule is CCNc1nc(Cl)nc2c1cnn2C(C)(C)C. The highest BCUT2D eigenvalue weighted by atomic mass is 35.5. The molecule has 2 aromatic rings. The van der Waals surface area contributed by atoms with Gasteiger partial charge in [0.05, 0.1) is 17.1 Å². The highest BCUT2D eigenvalue weighted by Crippen LogP contribution is 2.25. The van der Waals surface area contributed by atoms with Gasteiger partial charge in [0.15, 0.2) is 5.65 Å². The number of nitrogens with one attached hydrogen (secondary N) is 1. The Labute approximate surface area is 105 Å². The Hall–Kier alpha value is -1.36. The Morgan fingerprint density at radius 1 is 1.35 bits per heavy atom. The van der Waals surface area contributed by atoms with Crippen LogP contribution in [0.2, 0.25) is 5.28 Å². The first-order valence-electron chi connectivity index (χ1n) is 5.59. The fraction of sp³-hybridized carbons (Fsp3) is 0.545. The normalized spacial score (nSPS) is 12.1. The summed E-state index contributed by atoms with van der Waals surface area (Å²) >= 11 is 5.94. The molecule has 0 saturated carbocycles. The van der Waals surface area contributed by atoms with E-state index in [1.54, 1.807) is 6.20 Å². The monoisotopic (exact) mass is 253 g/mol. The predicted molar refractivity (Wildman–Crippen MR) is 69.5 cm³/mol. The van der Waals surface area contributed by atoms with Gasteiger partial charge in [0.1, 0.15) is 5.82 Å². The van der Waals surface area contributed by atoms with Crippen LogP contribution in [-0.2, 0) is 5.54 Å². The van der Waals surface area contributed by atoms with Crippen molar-refractivity contribution in [2.45, 2.75) is 33.2 Å². The number of aromatic nitrogens is 4. The zero-order valence-electron chi connectivity index (χ0n) is 10.5. The Morgan fingerprint density at radius 2 is 2.06 bits per heavy atom. The standard InChI is InChI=1S/C11H16ClN5/c1-5-13-8-7-6-14-17(11(2,3)4)9(7)16-10(12)15-8/h6H,5H2,1-4H3,(H,13,15,16). The molecule has 0 unspecified atom stereocenters. The van der Waals surface area contributed by atoms with Crippen LogP contribution in [0.15, 0.2) is 6.20 Å². The maximum Gasteiger partial charge on any atom is 0.226 e. The summed E-state index contributed by atoms with van der Waals surface area (Å²) in [5.74, 6) is 0.734. The molecule has 0 spiro atoms. The summed E-state index contributed by atoms with van der Waals surface area (Å²) in [7, 11) is 0. The van der Waals surface area contributed by atoms with E-state index >= 15 is 0 Å². The quantitative estimate of drug-likeness (QED) is 0.836. The van der Waals surface area contributed by atoms with Gasteiger partial charge in [0.2, 0.25) is 5.28 Å². The summed E-state index contributed by atoms with van der Waals surface area (Å²) in [4.78, 5) is 8.44. The molecule has 2 rings (SSSR count). The van der Waals surface area contributed by atoms with Crippen LogP contribution >= 0.6 is 11.6 Å². The third kappa shape index (κ3) is 2.20. The summed E-state index contributed by atoms with van der Waals surface area (Å²) in [5, 5.41) is 8.66. The van der Waals surface area contributed by atoms with E-state index in [0.717, 1.165) is 23.4 Å². The topological polar surface area (TPSA) is 55.6 Å². The molecular formula is C11H16ClN5. The smallest absolute Gasteiger partial charge is 0.226 e. The first kappa shape index (κ1) is 12.1. The molecule has 0 aliphatic carbocycles. The molecule has 6 heteroatoms. The van der Waals surface area contributed by atoms with Gasteiger partial charge in [-0.2, -0.15) is 15.1 Å². The van der Waals surface area contributed by atoms with Crippen LogP contribution in [0.3, 0.4) is 0 Å². The van der Waals surface area contributed by atoms with E-state index in [1.165, 1.54) is 0 Å². The molecule has 17 heavy (non-hydrogen) atoms. The lowest BCUT2D eigenvalue weighted by molar-refractivity contribution is 0.366. The van der Waals surface area contributed by atoms with Gasteiger partial charge in [-0.1, -0.05) is 0 Å². The van der Waals surface area contributed by atoms with Crippen LogP contribution in [0.25, 0.3) is 11.0 Å². The predicted octanol–water partition coefficient (Wildman–Crippen LogP) is 2.67. The molecular weight excluding hydrogens is 238 g/mol. The molecule has 0 atom stereocenters. The summed E-state index contributed by atoms with van der Waals surface area (Å²) < 4.78 is 1.86. The number of hydrogen-bond acceptors (Lipinski definition) is 4. The minimum Gasteiger partial charge on any atom is -0.370 e. The van der Waals surface area contributed by atoms with Gasteiger partial charge >= 0.3 is 0 Å². The van der Waals surface area contributed by atoms with Crippen LogP contribution in [-0.4, -0.2) is 26.3 Å². The van der Waals surface area contributed by atoms with Crippen molar-refractivity contribution in [2.75, 3.05) is 11.9 Å². The fourth-order valence-electron chi connectivity index (χ4n) is 1.67. The largest absolute Gasteiger partial charge is 0.370 e. The van der Waals surface area contributed by atoms with Gasteiger partial charge in [-0.15, -0.1) is 0 Å². The average Bonchev–Trinajstić information content (AvgIpc) is 2.60. The molecule has 0 radical (unpaired) electrons. The zero-order valence-corrected chi connectivity index (χ0v) is 11.2. The molecule has 0 saturated heterocycles. The van der Waals surface area contributed by atoms with Crippen LogP contribution < -0.4 is 5.32 Å². The first-order valence-corrected chi connectivity index (χ1v) is 5.97. The average molecular weight is 254 g/mol. The van der Waals surface area contributed by atoms with Gasteiger partial charge < -0.3 is 5.32 Å². The highest BCUT2D eigenvalue weighted by molar-refractivity contribution is 6.28. The number of fused-ring (bicyclic) bond motifs is 1. The number of rotatable bonds is 2. The van der Waals surface area contributed by atoms with Crippen molar-refractivity contribution in [3.8, 4) is 0 Å². The van der Waals surface area contributed by atoms with Gasteiger partial charge in [-0.25, -0.2) is 4.68 Å². The van der Waals surface area contributed by atoms with Crippen LogP contribution in [0.1, 0.15) is 27.7 Å². The molecule has 2 heterocycles. The van der Waals surface area contributed by atoms with Gasteiger partial charge in [-0.3, -0.25) is 0 Å². The molecule has 1 N–H and O–H groups in total. The van der Waals surface area contributed by atoms with Crippen molar-refractivity contribution in [2.24, 2.45) is 0 Å². The van der Waals surface area contributed by atoms with E-state index in [1.807, 2.05) is 11.6 Å². The number of halogens is 1. The summed E-state index contributed by atoms with van der Waals surface area (Å²) in [6, 6.07) is 0. The Morgan fingerprint density at radius 3 is 2.65 bits per heavy atom. The summed E-state index contributed by atoms with van der Waals surface area (Å²) in [5.41, 5.74) is 0.622. The van der Waals surface area contributed by atoms with E-state index in [-0.39, 0.29) is 10.8 Å². The second kappa shape index (κ2) is 4.14.